The van der Waals surface area contributed by atoms with Gasteiger partial charge in [-0.3, -0.25) is 4.99 Å². The van der Waals surface area contributed by atoms with Crippen LogP contribution in [0.3, 0.4) is 0 Å². The van der Waals surface area contributed by atoms with Crippen molar-refractivity contribution in [3.8, 4) is 0 Å². The predicted octanol–water partition coefficient (Wildman–Crippen LogP) is 2.16. The Morgan fingerprint density at radius 3 is 2.69 bits per heavy atom. The summed E-state index contributed by atoms with van der Waals surface area (Å²) >= 11 is 0. The highest BCUT2D eigenvalue weighted by molar-refractivity contribution is 5.79. The first-order valence-corrected chi connectivity index (χ1v) is 9.16. The van der Waals surface area contributed by atoms with Gasteiger partial charge in [0, 0.05) is 19.0 Å². The van der Waals surface area contributed by atoms with Gasteiger partial charge in [-0.25, -0.2) is 9.78 Å². The number of amides is 1. The maximum Gasteiger partial charge on any atom is 0.407 e. The minimum absolute atomic E-state index is 0.0295. The summed E-state index contributed by atoms with van der Waals surface area (Å²) in [5.41, 5.74) is -0.0680. The van der Waals surface area contributed by atoms with Crippen LogP contribution in [0.4, 0.5) is 4.79 Å². The van der Waals surface area contributed by atoms with Crippen molar-refractivity contribution in [2.24, 2.45) is 10.9 Å². The van der Waals surface area contributed by atoms with Crippen molar-refractivity contribution in [3.05, 3.63) is 17.8 Å². The molecule has 1 aliphatic rings. The van der Waals surface area contributed by atoms with Gasteiger partial charge in [0.1, 0.15) is 5.76 Å². The molecular formula is C18H31N5O3. The van der Waals surface area contributed by atoms with Crippen LogP contribution >= 0.6 is 0 Å². The number of hydrogen-bond donors (Lipinski definition) is 3. The molecule has 1 heterocycles. The van der Waals surface area contributed by atoms with Crippen molar-refractivity contribution < 1.29 is 13.9 Å². The number of nitrogens with zero attached hydrogens (tertiary/aromatic N) is 2. The van der Waals surface area contributed by atoms with Crippen LogP contribution in [0.25, 0.3) is 0 Å². The van der Waals surface area contributed by atoms with E-state index in [0.29, 0.717) is 37.5 Å². The summed E-state index contributed by atoms with van der Waals surface area (Å²) in [6, 6.07) is 0.0295. The second-order valence-electron chi connectivity index (χ2n) is 7.48. The van der Waals surface area contributed by atoms with Crippen LogP contribution in [0.2, 0.25) is 0 Å². The van der Waals surface area contributed by atoms with E-state index < -0.39 is 0 Å². The zero-order chi connectivity index (χ0) is 19.2. The van der Waals surface area contributed by atoms with Gasteiger partial charge in [-0.05, 0) is 25.7 Å². The highest BCUT2D eigenvalue weighted by Crippen LogP contribution is 2.32. The fourth-order valence-corrected chi connectivity index (χ4v) is 2.48. The molecule has 1 aromatic heterocycles. The van der Waals surface area contributed by atoms with Gasteiger partial charge in [0.2, 0.25) is 5.89 Å². The second-order valence-corrected chi connectivity index (χ2v) is 7.48. The molecule has 26 heavy (non-hydrogen) atoms. The SMILES string of the molecule is CCOC(=O)NC(CNC(=NC)NCc1ncc(C(C)(C)C)o1)C1CC1. The Bertz CT molecular complexity index is 617. The van der Waals surface area contributed by atoms with Crippen LogP contribution in [0.5, 0.6) is 0 Å². The van der Waals surface area contributed by atoms with Gasteiger partial charge >= 0.3 is 6.09 Å². The third-order valence-corrected chi connectivity index (χ3v) is 4.18. The van der Waals surface area contributed by atoms with Crippen LogP contribution in [-0.2, 0) is 16.7 Å². The monoisotopic (exact) mass is 365 g/mol. The first-order chi connectivity index (χ1) is 12.3. The summed E-state index contributed by atoms with van der Waals surface area (Å²) in [7, 11) is 1.70. The summed E-state index contributed by atoms with van der Waals surface area (Å²) < 4.78 is 10.7. The number of nitrogens with one attached hydrogen (secondary N) is 3. The van der Waals surface area contributed by atoms with Crippen molar-refractivity contribution in [2.75, 3.05) is 20.2 Å². The van der Waals surface area contributed by atoms with E-state index in [1.807, 2.05) is 0 Å². The van der Waals surface area contributed by atoms with Gasteiger partial charge in [0.15, 0.2) is 5.96 Å². The van der Waals surface area contributed by atoms with E-state index in [1.165, 1.54) is 0 Å². The van der Waals surface area contributed by atoms with Crippen molar-refractivity contribution in [1.82, 2.24) is 20.9 Å². The zero-order valence-electron chi connectivity index (χ0n) is 16.4. The number of guanidine groups is 1. The Morgan fingerprint density at radius 2 is 2.15 bits per heavy atom. The van der Waals surface area contributed by atoms with Crippen LogP contribution in [0.1, 0.15) is 52.2 Å². The third-order valence-electron chi connectivity index (χ3n) is 4.18. The van der Waals surface area contributed by atoms with Crippen molar-refractivity contribution in [1.29, 1.82) is 0 Å². The molecule has 0 aliphatic heterocycles. The van der Waals surface area contributed by atoms with E-state index in [9.17, 15) is 4.79 Å². The number of ether oxygens (including phenoxy) is 1. The zero-order valence-corrected chi connectivity index (χ0v) is 16.4. The number of carbonyl (C=O) groups excluding carboxylic acids is 1. The van der Waals surface area contributed by atoms with Crippen LogP contribution in [-0.4, -0.2) is 43.3 Å². The average molecular weight is 365 g/mol. The summed E-state index contributed by atoms with van der Waals surface area (Å²) in [5.74, 6) is 2.59. The minimum Gasteiger partial charge on any atom is -0.450 e. The van der Waals surface area contributed by atoms with Gasteiger partial charge in [0.25, 0.3) is 0 Å². The van der Waals surface area contributed by atoms with E-state index in [4.69, 9.17) is 9.15 Å². The number of alkyl carbamates (subject to hydrolysis) is 1. The number of hydrogen-bond acceptors (Lipinski definition) is 5. The van der Waals surface area contributed by atoms with Gasteiger partial charge in [-0.2, -0.15) is 0 Å². The molecule has 1 atom stereocenters. The standard InChI is InChI=1S/C18H31N5O3/c1-6-25-17(24)23-13(12-7-8-12)9-21-16(19-5)22-11-15-20-10-14(26-15)18(2,3)4/h10,12-13H,6-9,11H2,1-5H3,(H,23,24)(H2,19,21,22). The van der Waals surface area contributed by atoms with Crippen LogP contribution < -0.4 is 16.0 Å². The summed E-state index contributed by atoms with van der Waals surface area (Å²) in [6.45, 7) is 9.44. The Hall–Kier alpha value is -2.25. The van der Waals surface area contributed by atoms with Gasteiger partial charge in [0.05, 0.1) is 25.4 Å². The lowest BCUT2D eigenvalue weighted by Crippen LogP contribution is -2.48. The van der Waals surface area contributed by atoms with Crippen molar-refractivity contribution >= 4 is 12.1 Å². The van der Waals surface area contributed by atoms with Gasteiger partial charge < -0.3 is 25.1 Å². The second kappa shape index (κ2) is 8.91. The Kier molecular flexibility index (Phi) is 6.88. The fourth-order valence-electron chi connectivity index (χ4n) is 2.48. The minimum atomic E-state index is -0.372. The maximum atomic E-state index is 11.7. The highest BCUT2D eigenvalue weighted by atomic mass is 16.5. The lowest BCUT2D eigenvalue weighted by atomic mass is 9.94. The van der Waals surface area contributed by atoms with E-state index in [2.05, 4.69) is 46.7 Å². The van der Waals surface area contributed by atoms with E-state index in [-0.39, 0.29) is 17.6 Å². The quantitative estimate of drug-likeness (QED) is 0.506. The maximum absolute atomic E-state index is 11.7. The number of aliphatic imine (C=N–C) groups is 1. The van der Waals surface area contributed by atoms with Gasteiger partial charge in [-0.15, -0.1) is 0 Å². The molecule has 8 nitrogen and oxygen atoms in total. The number of carbonyl (C=O) groups is 1. The molecule has 8 heteroatoms. The predicted molar refractivity (Wildman–Crippen MR) is 100 cm³/mol. The molecule has 3 N–H and O–H groups in total. The lowest BCUT2D eigenvalue weighted by Gasteiger charge is -2.20. The molecule has 1 amide bonds. The third kappa shape index (κ3) is 6.24. The smallest absolute Gasteiger partial charge is 0.407 e. The Labute approximate surface area is 155 Å². The molecule has 146 valence electrons. The lowest BCUT2D eigenvalue weighted by molar-refractivity contribution is 0.146. The topological polar surface area (TPSA) is 101 Å². The molecule has 0 aromatic carbocycles. The summed E-state index contributed by atoms with van der Waals surface area (Å²) in [5, 5.41) is 9.34. The van der Waals surface area contributed by atoms with E-state index in [1.54, 1.807) is 20.2 Å². The molecule has 0 saturated heterocycles. The van der Waals surface area contributed by atoms with Crippen molar-refractivity contribution in [3.63, 3.8) is 0 Å². The van der Waals surface area contributed by atoms with Crippen LogP contribution in [0, 0.1) is 5.92 Å². The summed E-state index contributed by atoms with van der Waals surface area (Å²) in [6.07, 6.45) is 3.64. The highest BCUT2D eigenvalue weighted by Gasteiger charge is 2.32. The average Bonchev–Trinajstić information content (AvgIpc) is 3.30. The molecule has 0 bridgehead atoms. The summed E-state index contributed by atoms with van der Waals surface area (Å²) in [4.78, 5) is 20.2. The normalized spacial score (nSPS) is 16.1. The number of aromatic nitrogens is 1. The Morgan fingerprint density at radius 1 is 1.42 bits per heavy atom. The molecule has 2 rings (SSSR count). The van der Waals surface area contributed by atoms with E-state index >= 15 is 0 Å². The first-order valence-electron chi connectivity index (χ1n) is 9.16. The molecular weight excluding hydrogens is 334 g/mol. The molecule has 1 fully saturated rings. The fraction of sp³-hybridized carbons (Fsp3) is 0.722. The molecule has 1 aromatic rings. The van der Waals surface area contributed by atoms with Crippen molar-refractivity contribution in [2.45, 2.75) is 58.5 Å². The first kappa shape index (κ1) is 20.1. The number of oxazole rings is 1. The molecule has 1 unspecified atom stereocenters. The Balaban J connectivity index is 1.81. The molecule has 0 radical (unpaired) electrons. The number of rotatable bonds is 7. The van der Waals surface area contributed by atoms with Gasteiger partial charge in [-0.1, -0.05) is 20.8 Å². The van der Waals surface area contributed by atoms with E-state index in [0.717, 1.165) is 18.6 Å². The molecule has 0 spiro atoms. The van der Waals surface area contributed by atoms with Crippen LogP contribution in [0.15, 0.2) is 15.6 Å². The molecule has 1 aliphatic carbocycles. The molecule has 1 saturated carbocycles. The largest absolute Gasteiger partial charge is 0.450 e.